The van der Waals surface area contributed by atoms with Crippen LogP contribution in [0.5, 0.6) is 0 Å². The van der Waals surface area contributed by atoms with Gasteiger partial charge in [-0.05, 0) is 49.1 Å². The van der Waals surface area contributed by atoms with Crippen molar-refractivity contribution in [3.8, 4) is 0 Å². The lowest BCUT2D eigenvalue weighted by Gasteiger charge is -2.50. The Morgan fingerprint density at radius 3 is 2.00 bits per heavy atom. The summed E-state index contributed by atoms with van der Waals surface area (Å²) < 4.78 is 85.8. The molecule has 6 nitrogen and oxygen atoms in total. The number of ether oxygens (including phenoxy) is 1. The number of nitrogens with zero attached hydrogens (tertiary/aromatic N) is 1. The second-order valence-corrected chi connectivity index (χ2v) is 9.14. The molecule has 0 aromatic heterocycles. The van der Waals surface area contributed by atoms with E-state index < -0.39 is 40.7 Å². The molecule has 4 N–H and O–H groups in total. The first-order chi connectivity index (χ1) is 17.3. The molecule has 0 amide bonds. The molecule has 1 fully saturated rings. The summed E-state index contributed by atoms with van der Waals surface area (Å²) in [5.74, 6) is 0. The van der Waals surface area contributed by atoms with Crippen LogP contribution in [0.4, 0.5) is 26.3 Å². The van der Waals surface area contributed by atoms with Gasteiger partial charge in [-0.25, -0.2) is 0 Å². The van der Waals surface area contributed by atoms with E-state index in [9.17, 15) is 31.4 Å². The lowest BCUT2D eigenvalue weighted by Crippen LogP contribution is -2.65. The highest BCUT2D eigenvalue weighted by atomic mass is 19.4. The van der Waals surface area contributed by atoms with Crippen molar-refractivity contribution in [1.29, 1.82) is 10.8 Å². The molecular formula is C25H28F6N4O2. The first-order valence-corrected chi connectivity index (χ1v) is 11.4. The van der Waals surface area contributed by atoms with Crippen LogP contribution in [-0.4, -0.2) is 48.0 Å². The minimum absolute atomic E-state index is 0.0806. The van der Waals surface area contributed by atoms with E-state index in [1.165, 1.54) is 11.8 Å². The maximum Gasteiger partial charge on any atom is 0.416 e. The second-order valence-electron chi connectivity index (χ2n) is 9.14. The number of aliphatic hydroxyl groups excluding tert-OH is 1. The minimum atomic E-state index is -4.96. The Hall–Kier alpha value is -2.96. The van der Waals surface area contributed by atoms with E-state index in [0.717, 1.165) is 18.2 Å². The zero-order valence-electron chi connectivity index (χ0n) is 20.0. The van der Waals surface area contributed by atoms with Gasteiger partial charge in [-0.15, -0.1) is 0 Å². The quantitative estimate of drug-likeness (QED) is 0.200. The minimum Gasteiger partial charge on any atom is -0.394 e. The number of halogens is 6. The van der Waals surface area contributed by atoms with Crippen LogP contribution in [0, 0.1) is 10.8 Å². The number of aliphatic hydroxyl groups is 1. The Balaban J connectivity index is 1.90. The number of rotatable bonds is 9. The Labute approximate surface area is 210 Å². The standard InChI is InChI=1S/C25H28F6N4O2/c1-17(18-9-20(24(26,27)28)11-21(10-18)25(29,30)31)37-14-23(19-5-3-2-4-6-19)8-7-22(13-36,12-34-23)35(15-32)16-33/h2-6,9-11,15-17,32-34,36H,7-8,12-14H2,1H3/t17-,22-,23?/m1/s1. The van der Waals surface area contributed by atoms with Gasteiger partial charge in [0.15, 0.2) is 0 Å². The topological polar surface area (TPSA) is 92.4 Å². The van der Waals surface area contributed by atoms with Crippen LogP contribution in [0.3, 0.4) is 0 Å². The maximum absolute atomic E-state index is 13.3. The average molecular weight is 531 g/mol. The van der Waals surface area contributed by atoms with E-state index in [0.29, 0.717) is 25.0 Å². The third-order valence-electron chi connectivity index (χ3n) is 6.88. The van der Waals surface area contributed by atoms with Crippen molar-refractivity contribution in [2.24, 2.45) is 0 Å². The molecule has 1 unspecified atom stereocenters. The average Bonchev–Trinajstić information content (AvgIpc) is 2.88. The molecule has 0 saturated carbocycles. The van der Waals surface area contributed by atoms with Gasteiger partial charge in [-0.2, -0.15) is 26.3 Å². The van der Waals surface area contributed by atoms with Crippen LogP contribution in [0.1, 0.15) is 48.1 Å². The fraction of sp³-hybridized carbons (Fsp3) is 0.440. The summed E-state index contributed by atoms with van der Waals surface area (Å²) in [5.41, 5.74) is -4.14. The molecule has 0 radical (unpaired) electrons. The van der Waals surface area contributed by atoms with E-state index in [4.69, 9.17) is 15.6 Å². The summed E-state index contributed by atoms with van der Waals surface area (Å²) in [6.07, 6.45) is -8.48. The molecule has 0 aliphatic carbocycles. The Bertz CT molecular complexity index is 1040. The molecule has 0 bridgehead atoms. The Kier molecular flexibility index (Phi) is 8.35. The lowest BCUT2D eigenvalue weighted by atomic mass is 9.76. The summed E-state index contributed by atoms with van der Waals surface area (Å²) in [4.78, 5) is 1.28. The highest BCUT2D eigenvalue weighted by molar-refractivity contribution is 5.73. The highest BCUT2D eigenvalue weighted by Gasteiger charge is 2.46. The van der Waals surface area contributed by atoms with E-state index in [1.807, 2.05) is 12.1 Å². The number of nitrogens with one attached hydrogen (secondary N) is 3. The molecule has 37 heavy (non-hydrogen) atoms. The molecule has 3 rings (SSSR count). The molecule has 0 spiro atoms. The van der Waals surface area contributed by atoms with Gasteiger partial charge in [0.1, 0.15) is 0 Å². The van der Waals surface area contributed by atoms with E-state index in [-0.39, 0.29) is 31.4 Å². The fourth-order valence-electron chi connectivity index (χ4n) is 4.49. The number of piperidine rings is 1. The molecular weight excluding hydrogens is 502 g/mol. The van der Waals surface area contributed by atoms with Crippen LogP contribution in [-0.2, 0) is 22.6 Å². The number of hydrogen-bond acceptors (Lipinski definition) is 5. The predicted octanol–water partition coefficient (Wildman–Crippen LogP) is 5.33. The Morgan fingerprint density at radius 2 is 1.57 bits per heavy atom. The van der Waals surface area contributed by atoms with Gasteiger partial charge < -0.3 is 20.1 Å². The van der Waals surface area contributed by atoms with Crippen molar-refractivity contribution < 1.29 is 36.2 Å². The van der Waals surface area contributed by atoms with Crippen LogP contribution >= 0.6 is 0 Å². The van der Waals surface area contributed by atoms with E-state index >= 15 is 0 Å². The molecule has 1 aliphatic heterocycles. The van der Waals surface area contributed by atoms with Gasteiger partial charge in [0.05, 0.1) is 54.2 Å². The van der Waals surface area contributed by atoms with E-state index in [1.54, 1.807) is 18.2 Å². The largest absolute Gasteiger partial charge is 0.416 e. The zero-order valence-corrected chi connectivity index (χ0v) is 20.0. The summed E-state index contributed by atoms with van der Waals surface area (Å²) in [6, 6.07) is 10.4. The molecule has 1 saturated heterocycles. The molecule has 1 heterocycles. The molecule has 202 valence electrons. The number of hydrogen-bond donors (Lipinski definition) is 4. The molecule has 2 aromatic rings. The monoisotopic (exact) mass is 530 g/mol. The van der Waals surface area contributed by atoms with Crippen LogP contribution in [0.15, 0.2) is 48.5 Å². The summed E-state index contributed by atoms with van der Waals surface area (Å²) in [5, 5.41) is 28.5. The summed E-state index contributed by atoms with van der Waals surface area (Å²) in [7, 11) is 0. The van der Waals surface area contributed by atoms with Crippen LogP contribution in [0.2, 0.25) is 0 Å². The highest BCUT2D eigenvalue weighted by Crippen LogP contribution is 2.40. The van der Waals surface area contributed by atoms with Gasteiger partial charge in [-0.1, -0.05) is 30.3 Å². The SMILES string of the molecule is C[C@@H](OCC1(c2ccccc2)CC[C@@](CO)(N(C=N)C=N)CN1)c1cc(C(F)(F)F)cc(C(F)(F)F)c1. The van der Waals surface area contributed by atoms with Crippen molar-refractivity contribution in [2.75, 3.05) is 19.8 Å². The van der Waals surface area contributed by atoms with Crippen molar-refractivity contribution in [2.45, 2.75) is 49.3 Å². The first-order valence-electron chi connectivity index (χ1n) is 11.4. The van der Waals surface area contributed by atoms with Crippen molar-refractivity contribution in [1.82, 2.24) is 10.2 Å². The first kappa shape index (κ1) is 28.6. The fourth-order valence-corrected chi connectivity index (χ4v) is 4.49. The summed E-state index contributed by atoms with van der Waals surface area (Å²) in [6.45, 7) is 1.09. The second kappa shape index (κ2) is 10.8. The number of alkyl halides is 6. The van der Waals surface area contributed by atoms with Crippen molar-refractivity contribution in [3.05, 3.63) is 70.8 Å². The third-order valence-corrected chi connectivity index (χ3v) is 6.88. The molecule has 3 atom stereocenters. The van der Waals surface area contributed by atoms with Crippen LogP contribution < -0.4 is 5.32 Å². The van der Waals surface area contributed by atoms with Gasteiger partial charge in [0.25, 0.3) is 0 Å². The van der Waals surface area contributed by atoms with Crippen molar-refractivity contribution >= 4 is 12.7 Å². The van der Waals surface area contributed by atoms with Gasteiger partial charge >= 0.3 is 12.4 Å². The maximum atomic E-state index is 13.3. The molecule has 2 aromatic carbocycles. The van der Waals surface area contributed by atoms with Crippen LogP contribution in [0.25, 0.3) is 0 Å². The lowest BCUT2D eigenvalue weighted by molar-refractivity contribution is -0.143. The van der Waals surface area contributed by atoms with Crippen molar-refractivity contribution in [3.63, 3.8) is 0 Å². The molecule has 1 aliphatic rings. The van der Waals surface area contributed by atoms with Gasteiger partial charge in [0.2, 0.25) is 0 Å². The van der Waals surface area contributed by atoms with Gasteiger partial charge in [0, 0.05) is 6.54 Å². The van der Waals surface area contributed by atoms with Gasteiger partial charge in [-0.3, -0.25) is 10.8 Å². The zero-order chi connectivity index (χ0) is 27.5. The normalized spacial score (nSPS) is 23.4. The predicted molar refractivity (Wildman–Crippen MR) is 125 cm³/mol. The number of benzene rings is 2. The Morgan fingerprint density at radius 1 is 1.00 bits per heavy atom. The van der Waals surface area contributed by atoms with E-state index in [2.05, 4.69) is 5.32 Å². The summed E-state index contributed by atoms with van der Waals surface area (Å²) >= 11 is 0. The molecule has 12 heteroatoms. The third kappa shape index (κ3) is 6.13. The smallest absolute Gasteiger partial charge is 0.394 e.